The van der Waals surface area contributed by atoms with Crippen molar-refractivity contribution in [3.05, 3.63) is 12.4 Å². The van der Waals surface area contributed by atoms with Gasteiger partial charge in [-0.1, -0.05) is 0 Å². The number of nitrogens with zero attached hydrogens (tertiary/aromatic N) is 5. The van der Waals surface area contributed by atoms with Crippen LogP contribution in [0.1, 0.15) is 46.5 Å². The highest BCUT2D eigenvalue weighted by atomic mass is 32.2. The van der Waals surface area contributed by atoms with Crippen LogP contribution >= 0.6 is 0 Å². The predicted octanol–water partition coefficient (Wildman–Crippen LogP) is 1.64. The van der Waals surface area contributed by atoms with E-state index >= 15 is 0 Å². The monoisotopic (exact) mass is 495 g/mol. The van der Waals surface area contributed by atoms with Crippen LogP contribution in [-0.4, -0.2) is 89.8 Å². The van der Waals surface area contributed by atoms with Gasteiger partial charge in [0.15, 0.2) is 5.82 Å². The summed E-state index contributed by atoms with van der Waals surface area (Å²) < 4.78 is 37.2. The number of ether oxygens (including phenoxy) is 2. The Hall–Kier alpha value is -2.47. The maximum Gasteiger partial charge on any atom is 0.410 e. The van der Waals surface area contributed by atoms with Crippen LogP contribution in [0.4, 0.5) is 10.6 Å². The molecule has 3 fully saturated rings. The van der Waals surface area contributed by atoms with Crippen molar-refractivity contribution in [3.63, 3.8) is 0 Å². The molecule has 0 atom stereocenters. The van der Waals surface area contributed by atoms with E-state index in [4.69, 9.17) is 9.47 Å². The Labute approximate surface area is 200 Å². The van der Waals surface area contributed by atoms with Gasteiger partial charge < -0.3 is 14.4 Å². The fraction of sp³-hybridized carbons (Fsp3) is 0.727. The van der Waals surface area contributed by atoms with Gasteiger partial charge in [-0.2, -0.15) is 4.31 Å². The number of anilines is 1. The van der Waals surface area contributed by atoms with E-state index in [2.05, 4.69) is 9.97 Å². The van der Waals surface area contributed by atoms with Crippen LogP contribution < -0.4 is 9.64 Å². The average Bonchev–Trinajstić information content (AvgIpc) is 3.54. The third kappa shape index (κ3) is 5.60. The molecule has 0 bridgehead atoms. The van der Waals surface area contributed by atoms with Crippen molar-refractivity contribution >= 4 is 27.8 Å². The molecule has 3 aliphatic rings. The Kier molecular flexibility index (Phi) is 6.99. The zero-order valence-corrected chi connectivity index (χ0v) is 20.8. The van der Waals surface area contributed by atoms with E-state index in [-0.39, 0.29) is 37.2 Å². The van der Waals surface area contributed by atoms with Crippen molar-refractivity contribution < 1.29 is 27.5 Å². The van der Waals surface area contributed by atoms with Gasteiger partial charge in [0.25, 0.3) is 0 Å². The topological polar surface area (TPSA) is 122 Å². The smallest absolute Gasteiger partial charge is 0.410 e. The van der Waals surface area contributed by atoms with Crippen molar-refractivity contribution in [1.29, 1.82) is 0 Å². The second-order valence-corrected chi connectivity index (χ2v) is 12.2. The summed E-state index contributed by atoms with van der Waals surface area (Å²) in [4.78, 5) is 36.5. The molecule has 188 valence electrons. The van der Waals surface area contributed by atoms with Crippen molar-refractivity contribution in [2.45, 2.75) is 57.3 Å². The third-order valence-corrected chi connectivity index (χ3v) is 8.88. The standard InChI is InChI=1S/C22H33N5O6S/c1-16(2)34(30,31)26-10-11-27(20(28)14-26)18-12-24-19(13-23-18)32-15-17-4-8-25(9-5-17)21(29)33-22(3)6-7-22/h12-13,16-17H,4-11,14-15H2,1-3H3. The zero-order valence-electron chi connectivity index (χ0n) is 20.0. The van der Waals surface area contributed by atoms with Crippen LogP contribution in [0, 0.1) is 5.92 Å². The molecule has 12 heteroatoms. The number of rotatable bonds is 7. The minimum absolute atomic E-state index is 0.202. The number of sulfonamides is 1. The quantitative estimate of drug-likeness (QED) is 0.560. The van der Waals surface area contributed by atoms with E-state index in [0.717, 1.165) is 25.7 Å². The Bertz CT molecular complexity index is 1000. The molecule has 3 heterocycles. The first-order valence-corrected chi connectivity index (χ1v) is 13.3. The Balaban J connectivity index is 1.22. The third-order valence-electron chi connectivity index (χ3n) is 6.66. The maximum atomic E-state index is 12.5. The maximum absolute atomic E-state index is 12.5. The number of carbonyl (C=O) groups is 2. The largest absolute Gasteiger partial charge is 0.476 e. The van der Waals surface area contributed by atoms with Gasteiger partial charge in [-0.25, -0.2) is 23.2 Å². The van der Waals surface area contributed by atoms with Gasteiger partial charge >= 0.3 is 6.09 Å². The molecule has 1 aromatic heterocycles. The lowest BCUT2D eigenvalue weighted by Crippen LogP contribution is -2.53. The second-order valence-electron chi connectivity index (χ2n) is 9.74. The van der Waals surface area contributed by atoms with E-state index in [1.54, 1.807) is 18.7 Å². The Morgan fingerprint density at radius 1 is 1.15 bits per heavy atom. The van der Waals surface area contributed by atoms with Crippen LogP contribution in [0.3, 0.4) is 0 Å². The highest BCUT2D eigenvalue weighted by Crippen LogP contribution is 2.39. The lowest BCUT2D eigenvalue weighted by molar-refractivity contribution is -0.120. The summed E-state index contributed by atoms with van der Waals surface area (Å²) in [5.74, 6) is 0.704. The number of likely N-dealkylation sites (tertiary alicyclic amines) is 1. The van der Waals surface area contributed by atoms with Crippen molar-refractivity contribution in [3.8, 4) is 5.88 Å². The summed E-state index contributed by atoms with van der Waals surface area (Å²) >= 11 is 0. The Morgan fingerprint density at radius 3 is 2.41 bits per heavy atom. The number of amides is 2. The summed E-state index contributed by atoms with van der Waals surface area (Å²) in [6.07, 6.45) is 6.25. The number of piperidine rings is 1. The van der Waals surface area contributed by atoms with Gasteiger partial charge in [0.2, 0.25) is 21.8 Å². The molecule has 1 aromatic rings. The molecule has 0 N–H and O–H groups in total. The first-order valence-electron chi connectivity index (χ1n) is 11.8. The fourth-order valence-corrected chi connectivity index (χ4v) is 5.19. The second kappa shape index (κ2) is 9.65. The van der Waals surface area contributed by atoms with E-state index in [1.165, 1.54) is 21.6 Å². The molecule has 0 aromatic carbocycles. The zero-order chi connectivity index (χ0) is 24.5. The summed E-state index contributed by atoms with van der Waals surface area (Å²) in [5, 5.41) is -0.574. The van der Waals surface area contributed by atoms with Gasteiger partial charge in [0.1, 0.15) is 5.60 Å². The summed E-state index contributed by atoms with van der Waals surface area (Å²) in [6.45, 7) is 7.17. The number of hydrogen-bond acceptors (Lipinski definition) is 8. The molecule has 11 nitrogen and oxygen atoms in total. The predicted molar refractivity (Wildman–Crippen MR) is 124 cm³/mol. The number of hydrogen-bond donors (Lipinski definition) is 0. The van der Waals surface area contributed by atoms with Crippen molar-refractivity contribution in [2.24, 2.45) is 5.92 Å². The van der Waals surface area contributed by atoms with Gasteiger partial charge in [0, 0.05) is 26.2 Å². The molecule has 34 heavy (non-hydrogen) atoms. The molecule has 2 saturated heterocycles. The van der Waals surface area contributed by atoms with Gasteiger partial charge in [-0.05, 0) is 52.4 Å². The molecule has 1 saturated carbocycles. The van der Waals surface area contributed by atoms with E-state index in [0.29, 0.717) is 37.3 Å². The highest BCUT2D eigenvalue weighted by molar-refractivity contribution is 7.89. The summed E-state index contributed by atoms with van der Waals surface area (Å²) in [5.41, 5.74) is -0.258. The molecule has 0 radical (unpaired) electrons. The van der Waals surface area contributed by atoms with Gasteiger partial charge in [0.05, 0.1) is 30.8 Å². The molecule has 2 amide bonds. The van der Waals surface area contributed by atoms with E-state index < -0.39 is 15.3 Å². The first kappa shape index (κ1) is 24.6. The summed E-state index contributed by atoms with van der Waals surface area (Å²) in [7, 11) is -3.48. The van der Waals surface area contributed by atoms with Crippen LogP contribution in [-0.2, 0) is 19.6 Å². The molecule has 1 aliphatic carbocycles. The first-order chi connectivity index (χ1) is 16.1. The fourth-order valence-electron chi connectivity index (χ4n) is 3.97. The molecular formula is C22H33N5O6S. The normalized spacial score (nSPS) is 21.6. The molecule has 4 rings (SSSR count). The van der Waals surface area contributed by atoms with Crippen LogP contribution in [0.5, 0.6) is 5.88 Å². The number of aromatic nitrogens is 2. The number of carbonyl (C=O) groups excluding carboxylic acids is 2. The lowest BCUT2D eigenvalue weighted by atomic mass is 9.98. The SMILES string of the molecule is CC(C)S(=O)(=O)N1CCN(c2cnc(OCC3CCN(C(=O)OC4(C)CC4)CC3)cn2)C(=O)C1. The van der Waals surface area contributed by atoms with Crippen LogP contribution in [0.15, 0.2) is 12.4 Å². The van der Waals surface area contributed by atoms with Gasteiger partial charge in [-0.3, -0.25) is 9.69 Å². The summed E-state index contributed by atoms with van der Waals surface area (Å²) in [6, 6.07) is 0. The number of piperazine rings is 1. The Morgan fingerprint density at radius 2 is 1.85 bits per heavy atom. The molecule has 2 aliphatic heterocycles. The van der Waals surface area contributed by atoms with Gasteiger partial charge in [-0.15, -0.1) is 0 Å². The van der Waals surface area contributed by atoms with E-state index in [1.807, 2.05) is 6.92 Å². The minimum atomic E-state index is -3.48. The molecular weight excluding hydrogens is 462 g/mol. The molecule has 0 spiro atoms. The average molecular weight is 496 g/mol. The van der Waals surface area contributed by atoms with Crippen molar-refractivity contribution in [2.75, 3.05) is 44.2 Å². The lowest BCUT2D eigenvalue weighted by Gasteiger charge is -2.33. The highest BCUT2D eigenvalue weighted by Gasteiger charge is 2.43. The van der Waals surface area contributed by atoms with Crippen LogP contribution in [0.25, 0.3) is 0 Å². The van der Waals surface area contributed by atoms with E-state index in [9.17, 15) is 18.0 Å². The van der Waals surface area contributed by atoms with Crippen LogP contribution in [0.2, 0.25) is 0 Å². The minimum Gasteiger partial charge on any atom is -0.476 e. The molecule has 0 unspecified atom stereocenters. The van der Waals surface area contributed by atoms with Crippen molar-refractivity contribution in [1.82, 2.24) is 19.2 Å².